The zero-order valence-electron chi connectivity index (χ0n) is 13.7. The molecule has 2 fully saturated rings. The zero-order valence-corrected chi connectivity index (χ0v) is 13.7. The Morgan fingerprint density at radius 3 is 2.68 bits per heavy atom. The standard InChI is InChI=1S/C17H21F4N3O/c18-13-4-1-5-14(19)12(13)9-24-6-2-3-11(8-24)23-16(25)15-7-17(20,21)10-22-15/h1,4-5,11,15,22H,2-3,6-10H2,(H,23,25). The van der Waals surface area contributed by atoms with Gasteiger partial charge in [-0.3, -0.25) is 15.0 Å². The molecule has 1 amide bonds. The number of halogens is 4. The number of nitrogens with zero attached hydrogens (tertiary/aromatic N) is 1. The van der Waals surface area contributed by atoms with E-state index in [1.54, 1.807) is 0 Å². The van der Waals surface area contributed by atoms with Gasteiger partial charge in [-0.2, -0.15) is 0 Å². The summed E-state index contributed by atoms with van der Waals surface area (Å²) in [6, 6.07) is 2.64. The van der Waals surface area contributed by atoms with Crippen LogP contribution in [0.15, 0.2) is 18.2 Å². The van der Waals surface area contributed by atoms with E-state index in [0.717, 1.165) is 6.42 Å². The Kier molecular flexibility index (Phi) is 5.29. The first-order valence-corrected chi connectivity index (χ1v) is 8.41. The van der Waals surface area contributed by atoms with E-state index in [2.05, 4.69) is 10.6 Å². The fourth-order valence-corrected chi connectivity index (χ4v) is 3.43. The predicted molar refractivity (Wildman–Crippen MR) is 84.2 cm³/mol. The summed E-state index contributed by atoms with van der Waals surface area (Å²) in [4.78, 5) is 14.0. The highest BCUT2D eigenvalue weighted by molar-refractivity contribution is 5.82. The smallest absolute Gasteiger partial charge is 0.262 e. The van der Waals surface area contributed by atoms with Crippen LogP contribution in [0.3, 0.4) is 0 Å². The fraction of sp³-hybridized carbons (Fsp3) is 0.588. The number of amides is 1. The number of benzene rings is 1. The number of carbonyl (C=O) groups is 1. The van der Waals surface area contributed by atoms with E-state index >= 15 is 0 Å². The Balaban J connectivity index is 1.55. The molecule has 138 valence electrons. The molecular weight excluding hydrogens is 338 g/mol. The molecule has 2 aliphatic rings. The number of rotatable bonds is 4. The van der Waals surface area contributed by atoms with Gasteiger partial charge < -0.3 is 5.32 Å². The topological polar surface area (TPSA) is 44.4 Å². The highest BCUT2D eigenvalue weighted by Gasteiger charge is 2.42. The Morgan fingerprint density at radius 2 is 2.04 bits per heavy atom. The summed E-state index contributed by atoms with van der Waals surface area (Å²) in [6.45, 7) is 0.724. The summed E-state index contributed by atoms with van der Waals surface area (Å²) in [5.41, 5.74) is 0.00609. The molecule has 8 heteroatoms. The van der Waals surface area contributed by atoms with Gasteiger partial charge in [0.15, 0.2) is 0 Å². The van der Waals surface area contributed by atoms with Crippen molar-refractivity contribution in [2.75, 3.05) is 19.6 Å². The van der Waals surface area contributed by atoms with Crippen LogP contribution in [0.2, 0.25) is 0 Å². The van der Waals surface area contributed by atoms with Gasteiger partial charge in [-0.05, 0) is 31.5 Å². The number of likely N-dealkylation sites (tertiary alicyclic amines) is 1. The van der Waals surface area contributed by atoms with Crippen LogP contribution in [0.5, 0.6) is 0 Å². The lowest BCUT2D eigenvalue weighted by Crippen LogP contribution is -2.51. The predicted octanol–water partition coefficient (Wildman–Crippen LogP) is 2.04. The quantitative estimate of drug-likeness (QED) is 0.809. The Bertz CT molecular complexity index is 620. The molecule has 2 heterocycles. The fourth-order valence-electron chi connectivity index (χ4n) is 3.43. The Labute approximate surface area is 143 Å². The van der Waals surface area contributed by atoms with Crippen molar-refractivity contribution in [3.63, 3.8) is 0 Å². The average molecular weight is 359 g/mol. The van der Waals surface area contributed by atoms with Crippen LogP contribution in [-0.4, -0.2) is 48.4 Å². The first kappa shape index (κ1) is 18.1. The van der Waals surface area contributed by atoms with Crippen LogP contribution in [-0.2, 0) is 11.3 Å². The molecule has 3 rings (SSSR count). The molecular formula is C17H21F4N3O. The number of alkyl halides is 2. The van der Waals surface area contributed by atoms with E-state index in [4.69, 9.17) is 0 Å². The van der Waals surface area contributed by atoms with Crippen molar-refractivity contribution in [3.05, 3.63) is 35.4 Å². The molecule has 1 aromatic rings. The number of carbonyl (C=O) groups excluding carboxylic acids is 1. The lowest BCUT2D eigenvalue weighted by Gasteiger charge is -2.33. The third-order valence-electron chi connectivity index (χ3n) is 4.72. The third-order valence-corrected chi connectivity index (χ3v) is 4.72. The van der Waals surface area contributed by atoms with Crippen molar-refractivity contribution >= 4 is 5.91 Å². The largest absolute Gasteiger partial charge is 0.351 e. The first-order chi connectivity index (χ1) is 11.8. The molecule has 0 spiro atoms. The normalized spacial score (nSPS) is 26.6. The van der Waals surface area contributed by atoms with E-state index in [1.807, 2.05) is 4.90 Å². The zero-order chi connectivity index (χ0) is 18.0. The second-order valence-electron chi connectivity index (χ2n) is 6.78. The molecule has 2 N–H and O–H groups in total. The van der Waals surface area contributed by atoms with Crippen LogP contribution >= 0.6 is 0 Å². The number of nitrogens with one attached hydrogen (secondary N) is 2. The molecule has 0 aromatic heterocycles. The highest BCUT2D eigenvalue weighted by atomic mass is 19.3. The van der Waals surface area contributed by atoms with Gasteiger partial charge in [-0.15, -0.1) is 0 Å². The van der Waals surface area contributed by atoms with Crippen LogP contribution in [0.1, 0.15) is 24.8 Å². The molecule has 0 radical (unpaired) electrons. The van der Waals surface area contributed by atoms with E-state index < -0.39 is 42.5 Å². The van der Waals surface area contributed by atoms with E-state index in [0.29, 0.717) is 19.5 Å². The average Bonchev–Trinajstić information content (AvgIpc) is 2.92. The highest BCUT2D eigenvalue weighted by Crippen LogP contribution is 2.25. The summed E-state index contributed by atoms with van der Waals surface area (Å²) < 4.78 is 53.9. The molecule has 2 atom stereocenters. The van der Waals surface area contributed by atoms with Crippen molar-refractivity contribution in [2.24, 2.45) is 0 Å². The second kappa shape index (κ2) is 7.29. The van der Waals surface area contributed by atoms with Crippen molar-refractivity contribution < 1.29 is 22.4 Å². The summed E-state index contributed by atoms with van der Waals surface area (Å²) in [5, 5.41) is 5.31. The van der Waals surface area contributed by atoms with Gasteiger partial charge in [-0.1, -0.05) is 6.07 Å². The number of piperidine rings is 1. The Hall–Kier alpha value is -1.67. The molecule has 2 saturated heterocycles. The van der Waals surface area contributed by atoms with Crippen molar-refractivity contribution in [2.45, 2.75) is 43.8 Å². The van der Waals surface area contributed by atoms with E-state index in [1.165, 1.54) is 18.2 Å². The van der Waals surface area contributed by atoms with Gasteiger partial charge in [0.05, 0.1) is 12.6 Å². The van der Waals surface area contributed by atoms with Crippen molar-refractivity contribution in [1.82, 2.24) is 15.5 Å². The number of hydrogen-bond donors (Lipinski definition) is 2. The van der Waals surface area contributed by atoms with Crippen LogP contribution in [0, 0.1) is 11.6 Å². The maximum absolute atomic E-state index is 13.8. The second-order valence-corrected chi connectivity index (χ2v) is 6.78. The number of hydrogen-bond acceptors (Lipinski definition) is 3. The van der Waals surface area contributed by atoms with E-state index in [-0.39, 0.29) is 18.2 Å². The summed E-state index contributed by atoms with van der Waals surface area (Å²) in [6.07, 6.45) is 0.968. The molecule has 2 aliphatic heterocycles. The minimum absolute atomic E-state index is 0.00609. The Morgan fingerprint density at radius 1 is 1.32 bits per heavy atom. The summed E-state index contributed by atoms with van der Waals surface area (Å²) >= 11 is 0. The van der Waals surface area contributed by atoms with Crippen molar-refractivity contribution in [3.8, 4) is 0 Å². The monoisotopic (exact) mass is 359 g/mol. The molecule has 1 aromatic carbocycles. The van der Waals surface area contributed by atoms with Crippen LogP contribution in [0.25, 0.3) is 0 Å². The molecule has 2 unspecified atom stereocenters. The molecule has 25 heavy (non-hydrogen) atoms. The van der Waals surface area contributed by atoms with E-state index in [9.17, 15) is 22.4 Å². The van der Waals surface area contributed by atoms with Gasteiger partial charge in [0.25, 0.3) is 5.92 Å². The molecule has 0 bridgehead atoms. The SMILES string of the molecule is O=C(NC1CCCN(Cc2c(F)cccc2F)C1)C1CC(F)(F)CN1. The van der Waals surface area contributed by atoms with Gasteiger partial charge >= 0.3 is 0 Å². The molecule has 0 aliphatic carbocycles. The third kappa shape index (κ3) is 4.49. The van der Waals surface area contributed by atoms with Crippen LogP contribution < -0.4 is 10.6 Å². The van der Waals surface area contributed by atoms with Gasteiger partial charge in [0, 0.05) is 31.1 Å². The summed E-state index contributed by atoms with van der Waals surface area (Å²) in [7, 11) is 0. The molecule has 4 nitrogen and oxygen atoms in total. The van der Waals surface area contributed by atoms with Gasteiger partial charge in [-0.25, -0.2) is 17.6 Å². The van der Waals surface area contributed by atoms with Crippen molar-refractivity contribution in [1.29, 1.82) is 0 Å². The first-order valence-electron chi connectivity index (χ1n) is 8.41. The van der Waals surface area contributed by atoms with Gasteiger partial charge in [0.2, 0.25) is 5.91 Å². The molecule has 0 saturated carbocycles. The van der Waals surface area contributed by atoms with Crippen LogP contribution in [0.4, 0.5) is 17.6 Å². The lowest BCUT2D eigenvalue weighted by atomic mass is 10.0. The minimum Gasteiger partial charge on any atom is -0.351 e. The maximum atomic E-state index is 13.8. The summed E-state index contributed by atoms with van der Waals surface area (Å²) in [5.74, 6) is -4.49. The maximum Gasteiger partial charge on any atom is 0.262 e. The minimum atomic E-state index is -2.86. The lowest BCUT2D eigenvalue weighted by molar-refractivity contribution is -0.124. The van der Waals surface area contributed by atoms with Gasteiger partial charge in [0.1, 0.15) is 11.6 Å².